The van der Waals surface area contributed by atoms with Crippen molar-refractivity contribution in [2.24, 2.45) is 0 Å². The van der Waals surface area contributed by atoms with Crippen LogP contribution in [0.3, 0.4) is 0 Å². The highest BCUT2D eigenvalue weighted by Gasteiger charge is 2.19. The summed E-state index contributed by atoms with van der Waals surface area (Å²) in [5.41, 5.74) is 0. The topological polar surface area (TPSA) is 67.3 Å². The van der Waals surface area contributed by atoms with Crippen molar-refractivity contribution in [1.29, 1.82) is 0 Å². The molecule has 7 heteroatoms. The Kier molecular flexibility index (Phi) is 2.86. The molecule has 90 valence electrons. The predicted molar refractivity (Wildman–Crippen MR) is 64.8 cm³/mol. The summed E-state index contributed by atoms with van der Waals surface area (Å²) in [5.74, 6) is 1.58. The molecule has 0 aliphatic carbocycles. The largest absolute Gasteiger partial charge is 0.458 e. The van der Waals surface area contributed by atoms with Crippen LogP contribution >= 0.6 is 15.9 Å². The molecule has 17 heavy (non-hydrogen) atoms. The standard InChI is InChI=1S/C10H11BrN4O2/c11-7-1-6-16-8(7)9-13-10(14-17-9)15-4-2-12-3-5-15/h1,6,12H,2-5H2. The van der Waals surface area contributed by atoms with Crippen LogP contribution in [0, 0.1) is 0 Å². The first-order chi connectivity index (χ1) is 8.34. The Morgan fingerprint density at radius 3 is 2.88 bits per heavy atom. The molecule has 1 aliphatic heterocycles. The third-order valence-electron chi connectivity index (χ3n) is 2.63. The molecule has 1 fully saturated rings. The molecule has 1 N–H and O–H groups in total. The van der Waals surface area contributed by atoms with Crippen LogP contribution < -0.4 is 10.2 Å². The number of rotatable bonds is 2. The van der Waals surface area contributed by atoms with Crippen molar-refractivity contribution >= 4 is 21.9 Å². The number of hydrogen-bond donors (Lipinski definition) is 1. The Morgan fingerprint density at radius 2 is 2.18 bits per heavy atom. The van der Waals surface area contributed by atoms with Crippen LogP contribution in [0.5, 0.6) is 0 Å². The van der Waals surface area contributed by atoms with E-state index >= 15 is 0 Å². The van der Waals surface area contributed by atoms with Crippen molar-refractivity contribution in [3.05, 3.63) is 16.8 Å². The lowest BCUT2D eigenvalue weighted by Gasteiger charge is -2.25. The van der Waals surface area contributed by atoms with Crippen molar-refractivity contribution in [1.82, 2.24) is 15.5 Å². The van der Waals surface area contributed by atoms with Crippen molar-refractivity contribution in [3.63, 3.8) is 0 Å². The Morgan fingerprint density at radius 1 is 1.35 bits per heavy atom. The summed E-state index contributed by atoms with van der Waals surface area (Å²) in [5, 5.41) is 7.24. The zero-order valence-corrected chi connectivity index (χ0v) is 10.6. The monoisotopic (exact) mass is 298 g/mol. The highest BCUT2D eigenvalue weighted by Crippen LogP contribution is 2.28. The van der Waals surface area contributed by atoms with Gasteiger partial charge in [0.2, 0.25) is 5.76 Å². The fourth-order valence-electron chi connectivity index (χ4n) is 1.75. The summed E-state index contributed by atoms with van der Waals surface area (Å²) < 4.78 is 11.3. The number of anilines is 1. The molecule has 3 heterocycles. The normalized spacial score (nSPS) is 16.4. The second-order valence-corrected chi connectivity index (χ2v) is 4.59. The molecule has 1 saturated heterocycles. The van der Waals surface area contributed by atoms with E-state index in [0.717, 1.165) is 30.7 Å². The summed E-state index contributed by atoms with van der Waals surface area (Å²) in [6, 6.07) is 1.80. The van der Waals surface area contributed by atoms with Gasteiger partial charge in [0, 0.05) is 26.2 Å². The van der Waals surface area contributed by atoms with Crippen LogP contribution in [0.1, 0.15) is 0 Å². The SMILES string of the molecule is Brc1ccoc1-c1nc(N2CCNCC2)no1. The number of nitrogens with one attached hydrogen (secondary N) is 1. The maximum absolute atomic E-state index is 5.28. The minimum absolute atomic E-state index is 0.399. The molecular weight excluding hydrogens is 288 g/mol. The molecule has 0 saturated carbocycles. The van der Waals surface area contributed by atoms with Crippen molar-refractivity contribution in [3.8, 4) is 11.7 Å². The predicted octanol–water partition coefficient (Wildman–Crippen LogP) is 1.50. The maximum atomic E-state index is 5.28. The van der Waals surface area contributed by atoms with Crippen LogP contribution in [0.25, 0.3) is 11.7 Å². The van der Waals surface area contributed by atoms with Crippen LogP contribution in [0.4, 0.5) is 5.95 Å². The lowest BCUT2D eigenvalue weighted by molar-refractivity contribution is 0.412. The Balaban J connectivity index is 1.85. The molecule has 0 radical (unpaired) electrons. The van der Waals surface area contributed by atoms with Gasteiger partial charge in [-0.2, -0.15) is 4.98 Å². The average Bonchev–Trinajstić information content (AvgIpc) is 2.98. The first kappa shape index (κ1) is 10.8. The second-order valence-electron chi connectivity index (χ2n) is 3.73. The van der Waals surface area contributed by atoms with Gasteiger partial charge in [0.15, 0.2) is 0 Å². The van der Waals surface area contributed by atoms with Crippen LogP contribution in [0.2, 0.25) is 0 Å². The van der Waals surface area contributed by atoms with Gasteiger partial charge in [-0.1, -0.05) is 0 Å². The van der Waals surface area contributed by atoms with Crippen LogP contribution in [0.15, 0.2) is 25.7 Å². The first-order valence-electron chi connectivity index (χ1n) is 5.37. The Hall–Kier alpha value is -1.34. The van der Waals surface area contributed by atoms with Gasteiger partial charge in [-0.25, -0.2) is 0 Å². The number of piperazine rings is 1. The molecule has 0 unspecified atom stereocenters. The molecule has 0 aromatic carbocycles. The highest BCUT2D eigenvalue weighted by atomic mass is 79.9. The quantitative estimate of drug-likeness (QED) is 0.906. The fraction of sp³-hybridized carbons (Fsp3) is 0.400. The highest BCUT2D eigenvalue weighted by molar-refractivity contribution is 9.10. The molecule has 1 aliphatic rings. The van der Waals surface area contributed by atoms with Crippen molar-refractivity contribution < 1.29 is 8.94 Å². The van der Waals surface area contributed by atoms with E-state index in [0.29, 0.717) is 17.6 Å². The maximum Gasteiger partial charge on any atom is 0.296 e. The van der Waals surface area contributed by atoms with E-state index in [-0.39, 0.29) is 0 Å². The van der Waals surface area contributed by atoms with Gasteiger partial charge in [0.1, 0.15) is 0 Å². The first-order valence-corrected chi connectivity index (χ1v) is 6.16. The zero-order chi connectivity index (χ0) is 11.7. The van der Waals surface area contributed by atoms with Crippen molar-refractivity contribution in [2.45, 2.75) is 0 Å². The zero-order valence-electron chi connectivity index (χ0n) is 9.02. The molecule has 6 nitrogen and oxygen atoms in total. The van der Waals surface area contributed by atoms with Gasteiger partial charge in [-0.3, -0.25) is 0 Å². The molecule has 2 aromatic rings. The summed E-state index contributed by atoms with van der Waals surface area (Å²) >= 11 is 3.36. The number of aromatic nitrogens is 2. The number of halogens is 1. The van der Waals surface area contributed by atoms with E-state index in [1.54, 1.807) is 12.3 Å². The minimum atomic E-state index is 0.399. The lowest BCUT2D eigenvalue weighted by Crippen LogP contribution is -2.44. The third-order valence-corrected chi connectivity index (χ3v) is 3.25. The van der Waals surface area contributed by atoms with Gasteiger partial charge in [0.25, 0.3) is 11.8 Å². The van der Waals surface area contributed by atoms with E-state index in [4.69, 9.17) is 8.94 Å². The molecule has 0 bridgehead atoms. The summed E-state index contributed by atoms with van der Waals surface area (Å²) in [7, 11) is 0. The molecular formula is C10H11BrN4O2. The van der Waals surface area contributed by atoms with E-state index in [1.807, 2.05) is 0 Å². The van der Waals surface area contributed by atoms with E-state index in [2.05, 4.69) is 36.3 Å². The van der Waals surface area contributed by atoms with Gasteiger partial charge in [-0.15, -0.1) is 0 Å². The van der Waals surface area contributed by atoms with Gasteiger partial charge < -0.3 is 19.2 Å². The molecule has 0 spiro atoms. The molecule has 3 rings (SSSR count). The van der Waals surface area contributed by atoms with Gasteiger partial charge in [0.05, 0.1) is 10.7 Å². The molecule has 0 amide bonds. The number of furan rings is 1. The number of hydrogen-bond acceptors (Lipinski definition) is 6. The third kappa shape index (κ3) is 2.07. The lowest BCUT2D eigenvalue weighted by atomic mass is 10.4. The smallest absolute Gasteiger partial charge is 0.296 e. The van der Waals surface area contributed by atoms with E-state index < -0.39 is 0 Å². The van der Waals surface area contributed by atoms with Crippen LogP contribution in [-0.4, -0.2) is 36.3 Å². The Bertz CT molecular complexity index is 504. The van der Waals surface area contributed by atoms with Gasteiger partial charge in [-0.05, 0) is 27.2 Å². The van der Waals surface area contributed by atoms with E-state index in [1.165, 1.54) is 0 Å². The van der Waals surface area contributed by atoms with Crippen LogP contribution in [-0.2, 0) is 0 Å². The summed E-state index contributed by atoms with van der Waals surface area (Å²) in [6.07, 6.45) is 1.58. The Labute approximate surface area is 106 Å². The summed E-state index contributed by atoms with van der Waals surface area (Å²) in [4.78, 5) is 6.42. The molecule has 2 aromatic heterocycles. The fourth-order valence-corrected chi connectivity index (χ4v) is 2.12. The minimum Gasteiger partial charge on any atom is -0.458 e. The molecule has 0 atom stereocenters. The van der Waals surface area contributed by atoms with Gasteiger partial charge >= 0.3 is 0 Å². The summed E-state index contributed by atoms with van der Waals surface area (Å²) in [6.45, 7) is 3.65. The van der Waals surface area contributed by atoms with E-state index in [9.17, 15) is 0 Å². The number of nitrogens with zero attached hydrogens (tertiary/aromatic N) is 3. The van der Waals surface area contributed by atoms with Crippen molar-refractivity contribution in [2.75, 3.05) is 31.1 Å². The average molecular weight is 299 g/mol. The second kappa shape index (κ2) is 4.50.